The van der Waals surface area contributed by atoms with Gasteiger partial charge in [0.1, 0.15) is 0 Å². The van der Waals surface area contributed by atoms with Gasteiger partial charge in [0.05, 0.1) is 13.2 Å². The number of morpholine rings is 1. The van der Waals surface area contributed by atoms with Gasteiger partial charge in [-0.25, -0.2) is 5.84 Å². The topological polar surface area (TPSA) is 101 Å². The second kappa shape index (κ2) is 7.20. The predicted molar refractivity (Wildman–Crippen MR) is 78.7 cm³/mol. The van der Waals surface area contributed by atoms with Crippen LogP contribution < -0.4 is 21.5 Å². The van der Waals surface area contributed by atoms with Crippen molar-refractivity contribution in [2.45, 2.75) is 32.7 Å². The van der Waals surface area contributed by atoms with E-state index in [0.717, 1.165) is 25.9 Å². The molecule has 4 N–H and O–H groups in total. The van der Waals surface area contributed by atoms with Crippen LogP contribution in [0.2, 0.25) is 0 Å². The molecule has 8 nitrogen and oxygen atoms in total. The summed E-state index contributed by atoms with van der Waals surface area (Å²) in [6, 6.07) is 0.311. The smallest absolute Gasteiger partial charge is 0.243 e. The van der Waals surface area contributed by atoms with E-state index in [1.165, 1.54) is 0 Å². The Hall–Kier alpha value is -1.67. The first kappa shape index (κ1) is 14.7. The summed E-state index contributed by atoms with van der Waals surface area (Å²) in [4.78, 5) is 15.1. The van der Waals surface area contributed by atoms with E-state index in [1.807, 2.05) is 0 Å². The third kappa shape index (κ3) is 3.91. The lowest BCUT2D eigenvalue weighted by molar-refractivity contribution is 0.122. The van der Waals surface area contributed by atoms with E-state index in [4.69, 9.17) is 10.6 Å². The monoisotopic (exact) mass is 281 g/mol. The summed E-state index contributed by atoms with van der Waals surface area (Å²) in [6.07, 6.45) is 2.17. The zero-order chi connectivity index (χ0) is 14.4. The van der Waals surface area contributed by atoms with Crippen molar-refractivity contribution in [2.24, 2.45) is 5.84 Å². The minimum absolute atomic E-state index is 0.311. The summed E-state index contributed by atoms with van der Waals surface area (Å²) < 4.78 is 5.34. The SMILES string of the molecule is CCCC(C)Nc1nc(NN)nc(N2CCOCC2)n1. The van der Waals surface area contributed by atoms with Gasteiger partial charge in [0.25, 0.3) is 0 Å². The van der Waals surface area contributed by atoms with E-state index in [1.54, 1.807) is 0 Å². The summed E-state index contributed by atoms with van der Waals surface area (Å²) in [5, 5.41) is 3.28. The van der Waals surface area contributed by atoms with Crippen LogP contribution in [0, 0.1) is 0 Å². The first-order valence-electron chi connectivity index (χ1n) is 7.05. The maximum atomic E-state index is 5.43. The van der Waals surface area contributed by atoms with E-state index in [-0.39, 0.29) is 0 Å². The highest BCUT2D eigenvalue weighted by molar-refractivity contribution is 5.43. The van der Waals surface area contributed by atoms with E-state index in [2.05, 4.69) is 44.4 Å². The normalized spacial score (nSPS) is 16.9. The van der Waals surface area contributed by atoms with Crippen LogP contribution in [0.15, 0.2) is 0 Å². The number of hydrazine groups is 1. The zero-order valence-electron chi connectivity index (χ0n) is 12.1. The molecule has 1 aromatic rings. The average molecular weight is 281 g/mol. The van der Waals surface area contributed by atoms with Gasteiger partial charge < -0.3 is 15.0 Å². The standard InChI is InChI=1S/C12H23N7O/c1-3-4-9(2)14-10-15-11(18-13)17-12(16-10)19-5-7-20-8-6-19/h9H,3-8,13H2,1-2H3,(H2,14,15,16,17,18). The van der Waals surface area contributed by atoms with Crippen LogP contribution in [0.25, 0.3) is 0 Å². The molecule has 1 aromatic heterocycles. The highest BCUT2D eigenvalue weighted by atomic mass is 16.5. The Morgan fingerprint density at radius 2 is 1.95 bits per heavy atom. The molecule has 0 radical (unpaired) electrons. The summed E-state index contributed by atoms with van der Waals surface area (Å²) in [5.41, 5.74) is 2.49. The first-order valence-corrected chi connectivity index (χ1v) is 7.05. The number of hydrogen-bond acceptors (Lipinski definition) is 8. The average Bonchev–Trinajstić information content (AvgIpc) is 2.48. The second-order valence-electron chi connectivity index (χ2n) is 4.86. The molecule has 1 aliphatic heterocycles. The number of nitrogens with one attached hydrogen (secondary N) is 2. The lowest BCUT2D eigenvalue weighted by Crippen LogP contribution is -2.37. The summed E-state index contributed by atoms with van der Waals surface area (Å²) in [7, 11) is 0. The molecule has 0 amide bonds. The number of anilines is 3. The van der Waals surface area contributed by atoms with E-state index in [0.29, 0.717) is 37.1 Å². The molecule has 2 heterocycles. The molecule has 1 unspecified atom stereocenters. The molecular weight excluding hydrogens is 258 g/mol. The molecule has 1 fully saturated rings. The molecule has 1 aliphatic rings. The molecule has 0 aromatic carbocycles. The fraction of sp³-hybridized carbons (Fsp3) is 0.750. The molecular formula is C12H23N7O. The Balaban J connectivity index is 2.14. The maximum absolute atomic E-state index is 5.43. The van der Waals surface area contributed by atoms with Crippen LogP contribution in [0.3, 0.4) is 0 Å². The molecule has 0 aliphatic carbocycles. The molecule has 0 saturated carbocycles. The van der Waals surface area contributed by atoms with Crippen molar-refractivity contribution in [2.75, 3.05) is 41.9 Å². The van der Waals surface area contributed by atoms with E-state index < -0.39 is 0 Å². The van der Waals surface area contributed by atoms with Gasteiger partial charge in [-0.3, -0.25) is 5.43 Å². The fourth-order valence-corrected chi connectivity index (χ4v) is 2.12. The number of nitrogens with zero attached hydrogens (tertiary/aromatic N) is 4. The molecule has 112 valence electrons. The summed E-state index contributed by atoms with van der Waals surface area (Å²) in [5.74, 6) is 6.98. The van der Waals surface area contributed by atoms with Crippen LogP contribution in [0.1, 0.15) is 26.7 Å². The number of hydrogen-bond donors (Lipinski definition) is 3. The van der Waals surface area contributed by atoms with Crippen LogP contribution in [-0.2, 0) is 4.74 Å². The first-order chi connectivity index (χ1) is 9.72. The number of nitrogens with two attached hydrogens (primary N) is 1. The number of rotatable bonds is 6. The predicted octanol–water partition coefficient (Wildman–Crippen LogP) is 0.594. The van der Waals surface area contributed by atoms with E-state index >= 15 is 0 Å². The van der Waals surface area contributed by atoms with Gasteiger partial charge in [0, 0.05) is 19.1 Å². The second-order valence-corrected chi connectivity index (χ2v) is 4.86. The van der Waals surface area contributed by atoms with Crippen molar-refractivity contribution in [3.63, 3.8) is 0 Å². The van der Waals surface area contributed by atoms with E-state index in [9.17, 15) is 0 Å². The summed E-state index contributed by atoms with van der Waals surface area (Å²) in [6.45, 7) is 7.18. The van der Waals surface area contributed by atoms with Gasteiger partial charge in [-0.1, -0.05) is 13.3 Å². The fourth-order valence-electron chi connectivity index (χ4n) is 2.12. The van der Waals surface area contributed by atoms with Gasteiger partial charge in [-0.05, 0) is 13.3 Å². The minimum Gasteiger partial charge on any atom is -0.378 e. The van der Waals surface area contributed by atoms with Crippen molar-refractivity contribution < 1.29 is 4.74 Å². The number of ether oxygens (including phenoxy) is 1. The molecule has 0 bridgehead atoms. The van der Waals surface area contributed by atoms with Crippen LogP contribution in [-0.4, -0.2) is 47.3 Å². The molecule has 1 atom stereocenters. The lowest BCUT2D eigenvalue weighted by atomic mass is 10.2. The molecule has 8 heteroatoms. The zero-order valence-corrected chi connectivity index (χ0v) is 12.1. The Bertz CT molecular complexity index is 422. The Morgan fingerprint density at radius 1 is 1.25 bits per heavy atom. The van der Waals surface area contributed by atoms with Crippen LogP contribution >= 0.6 is 0 Å². The van der Waals surface area contributed by atoms with Crippen molar-refractivity contribution in [1.82, 2.24) is 15.0 Å². The third-order valence-corrected chi connectivity index (χ3v) is 3.14. The maximum Gasteiger partial charge on any atom is 0.243 e. The van der Waals surface area contributed by atoms with Gasteiger partial charge >= 0.3 is 0 Å². The van der Waals surface area contributed by atoms with Crippen molar-refractivity contribution >= 4 is 17.8 Å². The van der Waals surface area contributed by atoms with Gasteiger partial charge in [-0.2, -0.15) is 15.0 Å². The minimum atomic E-state index is 0.311. The number of nitrogen functional groups attached to an aromatic ring is 1. The van der Waals surface area contributed by atoms with Crippen molar-refractivity contribution in [1.29, 1.82) is 0 Å². The van der Waals surface area contributed by atoms with Crippen LogP contribution in [0.5, 0.6) is 0 Å². The molecule has 0 spiro atoms. The van der Waals surface area contributed by atoms with Crippen molar-refractivity contribution in [3.8, 4) is 0 Å². The highest BCUT2D eigenvalue weighted by Crippen LogP contribution is 2.15. The molecule has 1 saturated heterocycles. The van der Waals surface area contributed by atoms with Crippen molar-refractivity contribution in [3.05, 3.63) is 0 Å². The Morgan fingerprint density at radius 3 is 2.60 bits per heavy atom. The Kier molecular flexibility index (Phi) is 5.31. The summed E-state index contributed by atoms with van der Waals surface area (Å²) >= 11 is 0. The quantitative estimate of drug-likeness (QED) is 0.514. The third-order valence-electron chi connectivity index (χ3n) is 3.14. The molecule has 2 rings (SSSR count). The van der Waals surface area contributed by atoms with Gasteiger partial charge in [0.2, 0.25) is 17.8 Å². The number of aromatic nitrogens is 3. The Labute approximate surface area is 119 Å². The highest BCUT2D eigenvalue weighted by Gasteiger charge is 2.16. The lowest BCUT2D eigenvalue weighted by Gasteiger charge is -2.27. The van der Waals surface area contributed by atoms with Crippen LogP contribution in [0.4, 0.5) is 17.8 Å². The molecule has 20 heavy (non-hydrogen) atoms. The van der Waals surface area contributed by atoms with Gasteiger partial charge in [-0.15, -0.1) is 0 Å². The largest absolute Gasteiger partial charge is 0.378 e. The van der Waals surface area contributed by atoms with Gasteiger partial charge in [0.15, 0.2) is 0 Å².